The molecule has 0 aliphatic heterocycles. The van der Waals surface area contributed by atoms with Crippen LogP contribution in [0.15, 0.2) is 23.1 Å². The van der Waals surface area contributed by atoms with Crippen molar-refractivity contribution in [2.45, 2.75) is 36.8 Å². The second-order valence-electron chi connectivity index (χ2n) is 3.46. The summed E-state index contributed by atoms with van der Waals surface area (Å²) in [7, 11) is 1.68. The Labute approximate surface area is 96.2 Å². The van der Waals surface area contributed by atoms with Crippen molar-refractivity contribution in [3.8, 4) is 5.75 Å². The molecule has 1 aromatic rings. The Morgan fingerprint density at radius 1 is 1.33 bits per heavy atom. The van der Waals surface area contributed by atoms with Crippen LogP contribution in [0, 0.1) is 0 Å². The van der Waals surface area contributed by atoms with Crippen molar-refractivity contribution in [3.05, 3.63) is 18.2 Å². The van der Waals surface area contributed by atoms with Gasteiger partial charge in [-0.2, -0.15) is 0 Å². The van der Waals surface area contributed by atoms with Gasteiger partial charge in [-0.15, -0.1) is 11.8 Å². The first-order chi connectivity index (χ1) is 7.21. The van der Waals surface area contributed by atoms with E-state index in [4.69, 9.17) is 10.5 Å². The van der Waals surface area contributed by atoms with Crippen LogP contribution in [0.3, 0.4) is 0 Å². The molecule has 0 radical (unpaired) electrons. The summed E-state index contributed by atoms with van der Waals surface area (Å²) in [6.07, 6.45) is 2.33. The Morgan fingerprint density at radius 2 is 2.00 bits per heavy atom. The minimum atomic E-state index is 0.638. The van der Waals surface area contributed by atoms with E-state index < -0.39 is 0 Å². The molecule has 1 aromatic carbocycles. The summed E-state index contributed by atoms with van der Waals surface area (Å²) in [6.45, 7) is 4.41. The lowest BCUT2D eigenvalue weighted by Crippen LogP contribution is -1.99. The van der Waals surface area contributed by atoms with E-state index in [9.17, 15) is 0 Å². The minimum absolute atomic E-state index is 0.638. The molecule has 0 spiro atoms. The largest absolute Gasteiger partial charge is 0.497 e. The summed E-state index contributed by atoms with van der Waals surface area (Å²) in [5.74, 6) is 0.873. The molecule has 0 heterocycles. The van der Waals surface area contributed by atoms with Gasteiger partial charge in [-0.3, -0.25) is 0 Å². The van der Waals surface area contributed by atoms with E-state index in [1.165, 1.54) is 0 Å². The Bertz CT molecular complexity index is 310. The lowest BCUT2D eigenvalue weighted by Gasteiger charge is -2.14. The lowest BCUT2D eigenvalue weighted by atomic mass is 10.3. The smallest absolute Gasteiger partial charge is 0.120 e. The van der Waals surface area contributed by atoms with Gasteiger partial charge in [-0.05, 0) is 31.0 Å². The number of thioether (sulfide) groups is 1. The molecule has 0 saturated carbocycles. The third-order valence-corrected chi connectivity index (χ3v) is 4.03. The number of nitrogen functional groups attached to an aromatic ring is 1. The highest BCUT2D eigenvalue weighted by atomic mass is 32.2. The Morgan fingerprint density at radius 3 is 2.53 bits per heavy atom. The van der Waals surface area contributed by atoms with Crippen LogP contribution in [-0.2, 0) is 0 Å². The second kappa shape index (κ2) is 5.91. The van der Waals surface area contributed by atoms with Crippen LogP contribution < -0.4 is 10.5 Å². The second-order valence-corrected chi connectivity index (χ2v) is 4.80. The molecule has 15 heavy (non-hydrogen) atoms. The average Bonchev–Trinajstić information content (AvgIpc) is 2.28. The zero-order valence-corrected chi connectivity index (χ0v) is 10.4. The van der Waals surface area contributed by atoms with Gasteiger partial charge in [0.15, 0.2) is 0 Å². The van der Waals surface area contributed by atoms with E-state index in [-0.39, 0.29) is 0 Å². The number of hydrogen-bond acceptors (Lipinski definition) is 3. The molecular weight excluding hydrogens is 206 g/mol. The maximum absolute atomic E-state index is 5.93. The van der Waals surface area contributed by atoms with E-state index in [1.54, 1.807) is 7.11 Å². The highest BCUT2D eigenvalue weighted by Crippen LogP contribution is 2.34. The van der Waals surface area contributed by atoms with E-state index in [2.05, 4.69) is 13.8 Å². The fraction of sp³-hybridized carbons (Fsp3) is 0.500. The summed E-state index contributed by atoms with van der Waals surface area (Å²) >= 11 is 1.84. The number of benzene rings is 1. The van der Waals surface area contributed by atoms with Crippen LogP contribution in [-0.4, -0.2) is 12.4 Å². The first-order valence-corrected chi connectivity index (χ1v) is 6.19. The van der Waals surface area contributed by atoms with Crippen LogP contribution in [0.2, 0.25) is 0 Å². The molecule has 0 aliphatic carbocycles. The van der Waals surface area contributed by atoms with E-state index >= 15 is 0 Å². The van der Waals surface area contributed by atoms with E-state index in [1.807, 2.05) is 30.0 Å². The number of nitrogens with two attached hydrogens (primary N) is 1. The van der Waals surface area contributed by atoms with Gasteiger partial charge in [-0.25, -0.2) is 0 Å². The molecule has 84 valence electrons. The molecule has 2 N–H and O–H groups in total. The molecule has 0 saturated heterocycles. The lowest BCUT2D eigenvalue weighted by molar-refractivity contribution is 0.414. The molecule has 0 aromatic heterocycles. The molecule has 1 rings (SSSR count). The third-order valence-electron chi connectivity index (χ3n) is 2.43. The summed E-state index contributed by atoms with van der Waals surface area (Å²) in [5, 5.41) is 0.638. The molecule has 0 fully saturated rings. The minimum Gasteiger partial charge on any atom is -0.497 e. The van der Waals surface area contributed by atoms with Crippen LogP contribution in [0.4, 0.5) is 5.69 Å². The SMILES string of the molecule is CCC(CC)Sc1cc(OC)ccc1N. The van der Waals surface area contributed by atoms with Crippen molar-refractivity contribution in [2.75, 3.05) is 12.8 Å². The number of ether oxygens (including phenoxy) is 1. The van der Waals surface area contributed by atoms with Crippen molar-refractivity contribution in [1.29, 1.82) is 0 Å². The zero-order chi connectivity index (χ0) is 11.3. The van der Waals surface area contributed by atoms with Gasteiger partial charge < -0.3 is 10.5 Å². The topological polar surface area (TPSA) is 35.2 Å². The van der Waals surface area contributed by atoms with Crippen molar-refractivity contribution in [2.24, 2.45) is 0 Å². The molecule has 0 amide bonds. The molecule has 0 unspecified atom stereocenters. The zero-order valence-electron chi connectivity index (χ0n) is 9.62. The maximum atomic E-state index is 5.93. The van der Waals surface area contributed by atoms with Crippen molar-refractivity contribution in [3.63, 3.8) is 0 Å². The quantitative estimate of drug-likeness (QED) is 0.614. The number of anilines is 1. The normalized spacial score (nSPS) is 10.7. The van der Waals surface area contributed by atoms with Gasteiger partial charge in [0.05, 0.1) is 7.11 Å². The van der Waals surface area contributed by atoms with Crippen LogP contribution >= 0.6 is 11.8 Å². The summed E-state index contributed by atoms with van der Waals surface area (Å²) in [6, 6.07) is 5.81. The van der Waals surface area contributed by atoms with E-state index in [0.29, 0.717) is 5.25 Å². The van der Waals surface area contributed by atoms with Gasteiger partial charge in [0, 0.05) is 15.8 Å². The maximum Gasteiger partial charge on any atom is 0.120 e. The average molecular weight is 225 g/mol. The summed E-state index contributed by atoms with van der Waals surface area (Å²) < 4.78 is 5.19. The van der Waals surface area contributed by atoms with Gasteiger partial charge in [0.25, 0.3) is 0 Å². The van der Waals surface area contributed by atoms with Crippen molar-refractivity contribution in [1.82, 2.24) is 0 Å². The summed E-state index contributed by atoms with van der Waals surface area (Å²) in [5.41, 5.74) is 6.77. The van der Waals surface area contributed by atoms with E-state index in [0.717, 1.165) is 29.2 Å². The molecule has 0 atom stereocenters. The predicted molar refractivity (Wildman–Crippen MR) is 67.6 cm³/mol. The highest BCUT2D eigenvalue weighted by molar-refractivity contribution is 8.00. The van der Waals surface area contributed by atoms with Gasteiger partial charge in [0.1, 0.15) is 5.75 Å². The molecule has 3 heteroatoms. The first-order valence-electron chi connectivity index (χ1n) is 5.31. The Kier molecular flexibility index (Phi) is 4.82. The van der Waals surface area contributed by atoms with Crippen LogP contribution in [0.25, 0.3) is 0 Å². The highest BCUT2D eigenvalue weighted by Gasteiger charge is 2.09. The van der Waals surface area contributed by atoms with Gasteiger partial charge in [0.2, 0.25) is 0 Å². The van der Waals surface area contributed by atoms with Crippen molar-refractivity contribution >= 4 is 17.4 Å². The van der Waals surface area contributed by atoms with Crippen LogP contribution in [0.5, 0.6) is 5.75 Å². The Balaban J connectivity index is 2.82. The Hall–Kier alpha value is -0.830. The molecular formula is C12H19NOS. The fourth-order valence-electron chi connectivity index (χ4n) is 1.38. The first kappa shape index (κ1) is 12.2. The monoisotopic (exact) mass is 225 g/mol. The molecule has 2 nitrogen and oxygen atoms in total. The van der Waals surface area contributed by atoms with Crippen molar-refractivity contribution < 1.29 is 4.74 Å². The number of methoxy groups -OCH3 is 1. The summed E-state index contributed by atoms with van der Waals surface area (Å²) in [4.78, 5) is 1.13. The third kappa shape index (κ3) is 3.34. The molecule has 0 bridgehead atoms. The fourth-order valence-corrected chi connectivity index (χ4v) is 2.46. The number of rotatable bonds is 5. The van der Waals surface area contributed by atoms with Gasteiger partial charge >= 0.3 is 0 Å². The number of hydrogen-bond donors (Lipinski definition) is 1. The predicted octanol–water partition coefficient (Wildman–Crippen LogP) is 3.56. The standard InChI is InChI=1S/C12H19NOS/c1-4-10(5-2)15-12-8-9(14-3)6-7-11(12)13/h6-8,10H,4-5,13H2,1-3H3. The molecule has 0 aliphatic rings. The van der Waals surface area contributed by atoms with Crippen LogP contribution in [0.1, 0.15) is 26.7 Å². The van der Waals surface area contributed by atoms with Gasteiger partial charge in [-0.1, -0.05) is 13.8 Å².